The molecule has 0 saturated carbocycles. The van der Waals surface area contributed by atoms with E-state index in [-0.39, 0.29) is 23.6 Å². The standard InChI is InChI=1S/C15H19N3O2S/c1-15(2,3)11-6-4-10(5-7-11)13(19)8-16-14(20)12-9-21-18-17-12/h4-7,9,13,19H,8H2,1-3H3,(H,16,20). The maximum Gasteiger partial charge on any atom is 0.272 e. The molecule has 1 aromatic carbocycles. The fourth-order valence-corrected chi connectivity index (χ4v) is 2.30. The Hall–Kier alpha value is -1.79. The predicted molar refractivity (Wildman–Crippen MR) is 82.3 cm³/mol. The van der Waals surface area contributed by atoms with E-state index in [4.69, 9.17) is 0 Å². The van der Waals surface area contributed by atoms with Crippen LogP contribution in [0.4, 0.5) is 0 Å². The van der Waals surface area contributed by atoms with Crippen LogP contribution in [0.5, 0.6) is 0 Å². The first-order chi connectivity index (χ1) is 9.88. The second-order valence-electron chi connectivity index (χ2n) is 5.89. The Morgan fingerprint density at radius 1 is 1.33 bits per heavy atom. The number of rotatable bonds is 4. The minimum Gasteiger partial charge on any atom is -0.387 e. The molecule has 2 aromatic rings. The van der Waals surface area contributed by atoms with E-state index in [1.165, 1.54) is 5.56 Å². The minimum absolute atomic E-state index is 0.0787. The maximum absolute atomic E-state index is 11.7. The number of carbonyl (C=O) groups is 1. The summed E-state index contributed by atoms with van der Waals surface area (Å²) in [6, 6.07) is 7.79. The van der Waals surface area contributed by atoms with E-state index in [9.17, 15) is 9.90 Å². The molecule has 5 nitrogen and oxygen atoms in total. The van der Waals surface area contributed by atoms with Gasteiger partial charge in [-0.05, 0) is 28.1 Å². The number of aliphatic hydroxyl groups is 1. The summed E-state index contributed by atoms with van der Waals surface area (Å²) in [5, 5.41) is 18.0. The van der Waals surface area contributed by atoms with Crippen LogP contribution in [0.2, 0.25) is 0 Å². The van der Waals surface area contributed by atoms with Crippen molar-refractivity contribution in [1.29, 1.82) is 0 Å². The van der Waals surface area contributed by atoms with Crippen LogP contribution in [0.25, 0.3) is 0 Å². The van der Waals surface area contributed by atoms with E-state index in [0.717, 1.165) is 17.1 Å². The predicted octanol–water partition coefficient (Wildman–Crippen LogP) is 2.30. The van der Waals surface area contributed by atoms with E-state index in [1.54, 1.807) is 5.38 Å². The molecule has 0 radical (unpaired) electrons. The third-order valence-corrected chi connectivity index (χ3v) is 3.71. The van der Waals surface area contributed by atoms with E-state index < -0.39 is 6.10 Å². The second-order valence-corrected chi connectivity index (χ2v) is 6.50. The Kier molecular flexibility index (Phi) is 4.69. The average Bonchev–Trinajstić information content (AvgIpc) is 2.98. The number of carbonyl (C=O) groups excluding carboxylic acids is 1. The van der Waals surface area contributed by atoms with Crippen molar-refractivity contribution in [3.63, 3.8) is 0 Å². The fraction of sp³-hybridized carbons (Fsp3) is 0.400. The summed E-state index contributed by atoms with van der Waals surface area (Å²) in [5.74, 6) is -0.325. The van der Waals surface area contributed by atoms with Gasteiger partial charge in [-0.25, -0.2) is 0 Å². The van der Waals surface area contributed by atoms with Crippen LogP contribution in [0.15, 0.2) is 29.6 Å². The third-order valence-electron chi connectivity index (χ3n) is 3.21. The molecule has 1 amide bonds. The largest absolute Gasteiger partial charge is 0.387 e. The molecule has 0 bridgehead atoms. The van der Waals surface area contributed by atoms with Gasteiger partial charge in [0.25, 0.3) is 5.91 Å². The van der Waals surface area contributed by atoms with Gasteiger partial charge in [0, 0.05) is 11.9 Å². The molecule has 1 heterocycles. The van der Waals surface area contributed by atoms with Gasteiger partial charge in [0.2, 0.25) is 0 Å². The third kappa shape index (κ3) is 4.09. The van der Waals surface area contributed by atoms with Crippen LogP contribution in [-0.4, -0.2) is 27.1 Å². The lowest BCUT2D eigenvalue weighted by Crippen LogP contribution is -2.28. The van der Waals surface area contributed by atoms with E-state index in [0.29, 0.717) is 0 Å². The van der Waals surface area contributed by atoms with Gasteiger partial charge in [-0.1, -0.05) is 49.5 Å². The molecule has 0 aliphatic carbocycles. The summed E-state index contributed by atoms with van der Waals surface area (Å²) in [6.45, 7) is 6.56. The molecule has 0 saturated heterocycles. The number of hydrogen-bond donors (Lipinski definition) is 2. The van der Waals surface area contributed by atoms with Gasteiger partial charge in [0.1, 0.15) is 0 Å². The van der Waals surface area contributed by atoms with E-state index in [1.807, 2.05) is 24.3 Å². The van der Waals surface area contributed by atoms with E-state index >= 15 is 0 Å². The van der Waals surface area contributed by atoms with Crippen LogP contribution in [-0.2, 0) is 5.41 Å². The van der Waals surface area contributed by atoms with Crippen LogP contribution in [0.3, 0.4) is 0 Å². The Bertz CT molecular complexity index is 588. The molecule has 0 fully saturated rings. The number of aromatic nitrogens is 2. The zero-order valence-electron chi connectivity index (χ0n) is 12.3. The molecule has 2 N–H and O–H groups in total. The molecule has 1 aromatic heterocycles. The van der Waals surface area contributed by atoms with Gasteiger partial charge in [0.15, 0.2) is 5.69 Å². The summed E-state index contributed by atoms with van der Waals surface area (Å²) >= 11 is 1.12. The van der Waals surface area contributed by atoms with Crippen molar-refractivity contribution in [1.82, 2.24) is 14.9 Å². The van der Waals surface area contributed by atoms with E-state index in [2.05, 4.69) is 35.7 Å². The quantitative estimate of drug-likeness (QED) is 0.909. The number of hydrogen-bond acceptors (Lipinski definition) is 5. The first kappa shape index (κ1) is 15.6. The smallest absolute Gasteiger partial charge is 0.272 e. The van der Waals surface area contributed by atoms with Gasteiger partial charge in [-0.2, -0.15) is 0 Å². The zero-order valence-corrected chi connectivity index (χ0v) is 13.1. The summed E-state index contributed by atoms with van der Waals surface area (Å²) in [7, 11) is 0. The monoisotopic (exact) mass is 305 g/mol. The minimum atomic E-state index is -0.741. The molecule has 21 heavy (non-hydrogen) atoms. The number of nitrogens with one attached hydrogen (secondary N) is 1. The van der Waals surface area contributed by atoms with Gasteiger partial charge >= 0.3 is 0 Å². The van der Waals surface area contributed by atoms with Gasteiger partial charge < -0.3 is 10.4 Å². The molecule has 112 valence electrons. The highest BCUT2D eigenvalue weighted by Gasteiger charge is 2.15. The highest BCUT2D eigenvalue weighted by Crippen LogP contribution is 2.23. The normalized spacial score (nSPS) is 13.0. The van der Waals surface area contributed by atoms with Crippen molar-refractivity contribution in [2.45, 2.75) is 32.3 Å². The maximum atomic E-state index is 11.7. The van der Waals surface area contributed by atoms with Crippen molar-refractivity contribution in [3.05, 3.63) is 46.5 Å². The topological polar surface area (TPSA) is 75.1 Å². The van der Waals surface area contributed by atoms with Crippen molar-refractivity contribution in [3.8, 4) is 0 Å². The van der Waals surface area contributed by atoms with Gasteiger partial charge in [-0.15, -0.1) is 5.10 Å². The first-order valence-corrected chi connectivity index (χ1v) is 7.55. The average molecular weight is 305 g/mol. The number of amides is 1. The number of nitrogens with zero attached hydrogens (tertiary/aromatic N) is 2. The van der Waals surface area contributed by atoms with Crippen molar-refractivity contribution >= 4 is 17.4 Å². The number of benzene rings is 1. The lowest BCUT2D eigenvalue weighted by molar-refractivity contribution is 0.0911. The Balaban J connectivity index is 1.94. The summed E-state index contributed by atoms with van der Waals surface area (Å²) in [5.41, 5.74) is 2.33. The highest BCUT2D eigenvalue weighted by molar-refractivity contribution is 7.03. The molecular weight excluding hydrogens is 286 g/mol. The molecule has 2 rings (SSSR count). The Morgan fingerprint density at radius 2 is 2.00 bits per heavy atom. The van der Waals surface area contributed by atoms with Gasteiger partial charge in [-0.3, -0.25) is 4.79 Å². The lowest BCUT2D eigenvalue weighted by Gasteiger charge is -2.20. The fourth-order valence-electron chi connectivity index (χ4n) is 1.87. The van der Waals surface area contributed by atoms with Crippen LogP contribution >= 0.6 is 11.5 Å². The molecule has 0 aliphatic heterocycles. The molecule has 1 unspecified atom stereocenters. The molecule has 0 aliphatic rings. The zero-order chi connectivity index (χ0) is 15.5. The first-order valence-electron chi connectivity index (χ1n) is 6.71. The summed E-state index contributed by atoms with van der Waals surface area (Å²) < 4.78 is 3.63. The highest BCUT2D eigenvalue weighted by atomic mass is 32.1. The molecular formula is C15H19N3O2S. The van der Waals surface area contributed by atoms with Crippen LogP contribution in [0.1, 0.15) is 48.5 Å². The summed E-state index contributed by atoms with van der Waals surface area (Å²) in [4.78, 5) is 11.7. The molecule has 6 heteroatoms. The Morgan fingerprint density at radius 3 is 2.52 bits per heavy atom. The Labute approximate surface area is 128 Å². The van der Waals surface area contributed by atoms with Crippen molar-refractivity contribution in [2.75, 3.05) is 6.54 Å². The van der Waals surface area contributed by atoms with Crippen molar-refractivity contribution < 1.29 is 9.90 Å². The molecule has 1 atom stereocenters. The SMILES string of the molecule is CC(C)(C)c1ccc(C(O)CNC(=O)c2csnn2)cc1. The lowest BCUT2D eigenvalue weighted by atomic mass is 9.86. The molecule has 0 spiro atoms. The summed E-state index contributed by atoms with van der Waals surface area (Å²) in [6.07, 6.45) is -0.741. The second kappa shape index (κ2) is 6.32. The van der Waals surface area contributed by atoms with Crippen molar-refractivity contribution in [2.24, 2.45) is 0 Å². The van der Waals surface area contributed by atoms with Crippen LogP contribution in [0, 0.1) is 0 Å². The van der Waals surface area contributed by atoms with Gasteiger partial charge in [0.05, 0.1) is 6.10 Å². The van der Waals surface area contributed by atoms with Crippen LogP contribution < -0.4 is 5.32 Å². The number of aliphatic hydroxyl groups excluding tert-OH is 1.